The molecule has 118 valence electrons. The van der Waals surface area contributed by atoms with Gasteiger partial charge in [-0.3, -0.25) is 4.79 Å². The first-order valence-corrected chi connectivity index (χ1v) is 8.35. The maximum Gasteiger partial charge on any atom is 0.221 e. The summed E-state index contributed by atoms with van der Waals surface area (Å²) in [7, 11) is 1.65. The van der Waals surface area contributed by atoms with Gasteiger partial charge in [0.05, 0.1) is 11.6 Å². The van der Waals surface area contributed by atoms with Crippen LogP contribution in [0.4, 0.5) is 0 Å². The van der Waals surface area contributed by atoms with Crippen molar-refractivity contribution >= 4 is 37.8 Å². The van der Waals surface area contributed by atoms with Crippen molar-refractivity contribution in [1.29, 1.82) is 0 Å². The highest BCUT2D eigenvalue weighted by Gasteiger charge is 2.13. The van der Waals surface area contributed by atoms with Crippen molar-refractivity contribution in [2.45, 2.75) is 39.3 Å². The molecule has 1 aromatic carbocycles. The first kappa shape index (κ1) is 18.5. The van der Waals surface area contributed by atoms with Crippen molar-refractivity contribution in [3.05, 3.63) is 26.6 Å². The molecule has 0 aliphatic heterocycles. The molecule has 0 saturated heterocycles. The fraction of sp³-hybridized carbons (Fsp3) is 0.533. The predicted molar refractivity (Wildman–Crippen MR) is 92.6 cm³/mol. The molecular weight excluding hydrogens is 400 g/mol. The summed E-state index contributed by atoms with van der Waals surface area (Å²) in [5.41, 5.74) is 0.852. The quantitative estimate of drug-likeness (QED) is 0.689. The predicted octanol–water partition coefficient (Wildman–Crippen LogP) is 3.61. The third kappa shape index (κ3) is 6.80. The van der Waals surface area contributed by atoms with E-state index in [1.165, 1.54) is 0 Å². The fourth-order valence-electron chi connectivity index (χ4n) is 1.88. The van der Waals surface area contributed by atoms with Crippen LogP contribution in [0.2, 0.25) is 0 Å². The Labute approximate surface area is 143 Å². The highest BCUT2D eigenvalue weighted by Crippen LogP contribution is 2.32. The van der Waals surface area contributed by atoms with Crippen LogP contribution < -0.4 is 15.4 Å². The summed E-state index contributed by atoms with van der Waals surface area (Å²) in [5, 5.41) is 6.20. The van der Waals surface area contributed by atoms with E-state index in [1.54, 1.807) is 7.11 Å². The highest BCUT2D eigenvalue weighted by atomic mass is 79.9. The Kier molecular flexibility index (Phi) is 7.16. The largest absolute Gasteiger partial charge is 0.495 e. The molecule has 1 aromatic rings. The molecule has 0 spiro atoms. The Morgan fingerprint density at radius 2 is 1.95 bits per heavy atom. The molecule has 0 aromatic heterocycles. The Morgan fingerprint density at radius 3 is 2.52 bits per heavy atom. The van der Waals surface area contributed by atoms with Gasteiger partial charge in [0.2, 0.25) is 5.91 Å². The number of methoxy groups -OCH3 is 1. The lowest BCUT2D eigenvalue weighted by molar-refractivity contribution is -0.122. The fourth-order valence-corrected chi connectivity index (χ4v) is 3.35. The lowest BCUT2D eigenvalue weighted by Crippen LogP contribution is -2.41. The molecule has 21 heavy (non-hydrogen) atoms. The van der Waals surface area contributed by atoms with Crippen molar-refractivity contribution in [3.63, 3.8) is 0 Å². The third-order valence-corrected chi connectivity index (χ3v) is 3.70. The normalized spacial score (nSPS) is 11.3. The zero-order chi connectivity index (χ0) is 16.0. The zero-order valence-corrected chi connectivity index (χ0v) is 16.0. The summed E-state index contributed by atoms with van der Waals surface area (Å²) in [6, 6.07) is 3.95. The summed E-state index contributed by atoms with van der Waals surface area (Å²) in [6.07, 6.45) is 0.453. The molecule has 0 saturated carbocycles. The van der Waals surface area contributed by atoms with Crippen LogP contribution in [0.25, 0.3) is 0 Å². The maximum absolute atomic E-state index is 11.7. The van der Waals surface area contributed by atoms with Gasteiger partial charge in [0, 0.05) is 35.1 Å². The number of amides is 1. The van der Waals surface area contributed by atoms with Crippen LogP contribution in [-0.4, -0.2) is 25.1 Å². The topological polar surface area (TPSA) is 50.4 Å². The smallest absolute Gasteiger partial charge is 0.221 e. The maximum atomic E-state index is 11.7. The van der Waals surface area contributed by atoms with Gasteiger partial charge in [-0.25, -0.2) is 0 Å². The second-order valence-corrected chi connectivity index (χ2v) is 7.57. The number of halogens is 2. The van der Waals surface area contributed by atoms with Crippen molar-refractivity contribution in [2.75, 3.05) is 13.7 Å². The number of carbonyl (C=O) groups is 1. The highest BCUT2D eigenvalue weighted by molar-refractivity contribution is 9.11. The molecule has 0 fully saturated rings. The van der Waals surface area contributed by atoms with Gasteiger partial charge in [0.1, 0.15) is 5.75 Å². The van der Waals surface area contributed by atoms with E-state index in [1.807, 2.05) is 32.9 Å². The molecule has 6 heteroatoms. The molecule has 0 radical (unpaired) electrons. The number of carbonyl (C=O) groups excluding carboxylic acids is 1. The number of ether oxygens (including phenoxy) is 1. The van der Waals surface area contributed by atoms with Gasteiger partial charge < -0.3 is 15.4 Å². The van der Waals surface area contributed by atoms with Crippen LogP contribution in [0.5, 0.6) is 5.75 Å². The lowest BCUT2D eigenvalue weighted by Gasteiger charge is -2.20. The molecule has 0 aliphatic rings. The van der Waals surface area contributed by atoms with Crippen molar-refractivity contribution in [3.8, 4) is 5.75 Å². The molecular formula is C15H22Br2N2O2. The summed E-state index contributed by atoms with van der Waals surface area (Å²) in [5.74, 6) is 0.863. The number of hydrogen-bond donors (Lipinski definition) is 2. The minimum Gasteiger partial charge on any atom is -0.495 e. The molecule has 2 N–H and O–H groups in total. The molecule has 4 nitrogen and oxygen atoms in total. The summed E-state index contributed by atoms with van der Waals surface area (Å²) >= 11 is 6.94. The van der Waals surface area contributed by atoms with Crippen molar-refractivity contribution in [2.24, 2.45) is 0 Å². The second kappa shape index (κ2) is 8.15. The minimum atomic E-state index is -0.185. The summed E-state index contributed by atoms with van der Waals surface area (Å²) in [6.45, 7) is 7.19. The molecule has 0 atom stereocenters. The van der Waals surface area contributed by atoms with E-state index >= 15 is 0 Å². The Morgan fingerprint density at radius 1 is 1.29 bits per heavy atom. The van der Waals surface area contributed by atoms with Crippen LogP contribution in [-0.2, 0) is 11.3 Å². The molecule has 0 heterocycles. The average molecular weight is 422 g/mol. The van der Waals surface area contributed by atoms with Gasteiger partial charge in [0.15, 0.2) is 0 Å². The average Bonchev–Trinajstić information content (AvgIpc) is 2.32. The van der Waals surface area contributed by atoms with Gasteiger partial charge in [-0.05, 0) is 48.8 Å². The van der Waals surface area contributed by atoms with Gasteiger partial charge in [-0.15, -0.1) is 0 Å². The summed E-state index contributed by atoms with van der Waals surface area (Å²) in [4.78, 5) is 11.7. The molecule has 0 aliphatic carbocycles. The van der Waals surface area contributed by atoms with E-state index in [-0.39, 0.29) is 11.4 Å². The Hall–Kier alpha value is -0.590. The number of nitrogens with one attached hydrogen (secondary N) is 2. The van der Waals surface area contributed by atoms with Crippen LogP contribution in [0.3, 0.4) is 0 Å². The van der Waals surface area contributed by atoms with E-state index in [4.69, 9.17) is 4.74 Å². The molecule has 0 unspecified atom stereocenters. The molecule has 1 rings (SSSR count). The Balaban J connectivity index is 2.48. The van der Waals surface area contributed by atoms with E-state index in [0.717, 1.165) is 20.3 Å². The molecule has 0 bridgehead atoms. The SMILES string of the molecule is COc1c(Br)cc(Br)cc1CNCCC(=O)NC(C)(C)C. The number of rotatable bonds is 6. The van der Waals surface area contributed by atoms with Crippen LogP contribution in [0, 0.1) is 0 Å². The van der Waals surface area contributed by atoms with Crippen LogP contribution >= 0.6 is 31.9 Å². The number of benzene rings is 1. The third-order valence-electron chi connectivity index (χ3n) is 2.65. The number of hydrogen-bond acceptors (Lipinski definition) is 3. The van der Waals surface area contributed by atoms with Crippen molar-refractivity contribution < 1.29 is 9.53 Å². The summed E-state index contributed by atoms with van der Waals surface area (Å²) < 4.78 is 7.28. The van der Waals surface area contributed by atoms with Gasteiger partial charge >= 0.3 is 0 Å². The first-order valence-electron chi connectivity index (χ1n) is 6.76. The second-order valence-electron chi connectivity index (χ2n) is 5.80. The van der Waals surface area contributed by atoms with Gasteiger partial charge in [0.25, 0.3) is 0 Å². The zero-order valence-electron chi connectivity index (χ0n) is 12.8. The standard InChI is InChI=1S/C15H22Br2N2O2/c1-15(2,3)19-13(20)5-6-18-9-10-7-11(16)8-12(17)14(10)21-4/h7-8,18H,5-6,9H2,1-4H3,(H,19,20). The minimum absolute atomic E-state index is 0.0531. The first-order chi connectivity index (χ1) is 9.73. The van der Waals surface area contributed by atoms with E-state index in [2.05, 4.69) is 42.5 Å². The van der Waals surface area contributed by atoms with Crippen molar-refractivity contribution in [1.82, 2.24) is 10.6 Å². The lowest BCUT2D eigenvalue weighted by atomic mass is 10.1. The van der Waals surface area contributed by atoms with Crippen LogP contribution in [0.15, 0.2) is 21.1 Å². The van der Waals surface area contributed by atoms with Gasteiger partial charge in [-0.1, -0.05) is 15.9 Å². The van der Waals surface area contributed by atoms with E-state index in [0.29, 0.717) is 19.5 Å². The van der Waals surface area contributed by atoms with E-state index in [9.17, 15) is 4.79 Å². The van der Waals surface area contributed by atoms with E-state index < -0.39 is 0 Å². The van der Waals surface area contributed by atoms with Crippen LogP contribution in [0.1, 0.15) is 32.8 Å². The van der Waals surface area contributed by atoms with Gasteiger partial charge in [-0.2, -0.15) is 0 Å². The monoisotopic (exact) mass is 420 g/mol. The molecule has 1 amide bonds. The Bertz CT molecular complexity index is 499.